The lowest BCUT2D eigenvalue weighted by Gasteiger charge is -2.31. The second-order valence-corrected chi connectivity index (χ2v) is 7.75. The first-order valence-corrected chi connectivity index (χ1v) is 9.45. The van der Waals surface area contributed by atoms with Gasteiger partial charge in [-0.3, -0.25) is 4.79 Å². The highest BCUT2D eigenvalue weighted by molar-refractivity contribution is 7.15. The van der Waals surface area contributed by atoms with Crippen LogP contribution >= 0.6 is 11.3 Å². The third kappa shape index (κ3) is 4.75. The third-order valence-electron chi connectivity index (χ3n) is 4.29. The van der Waals surface area contributed by atoms with E-state index in [1.807, 2.05) is 13.8 Å². The molecule has 3 rings (SSSR count). The molecule has 1 N–H and O–H groups in total. The molecule has 0 radical (unpaired) electrons. The zero-order valence-corrected chi connectivity index (χ0v) is 15.4. The van der Waals surface area contributed by atoms with Crippen molar-refractivity contribution in [3.8, 4) is 0 Å². The van der Waals surface area contributed by atoms with E-state index < -0.39 is 0 Å². The smallest absolute Gasteiger partial charge is 0.223 e. The Morgan fingerprint density at radius 3 is 2.60 bits per heavy atom. The van der Waals surface area contributed by atoms with Crippen LogP contribution in [-0.2, 0) is 11.2 Å². The van der Waals surface area contributed by atoms with Gasteiger partial charge < -0.3 is 10.2 Å². The van der Waals surface area contributed by atoms with Crippen LogP contribution in [0.4, 0.5) is 9.52 Å². The largest absolute Gasteiger partial charge is 0.354 e. The van der Waals surface area contributed by atoms with Crippen LogP contribution in [0.1, 0.15) is 37.3 Å². The Morgan fingerprint density at radius 1 is 1.28 bits per heavy atom. The van der Waals surface area contributed by atoms with Crippen molar-refractivity contribution < 1.29 is 9.18 Å². The molecule has 7 heteroatoms. The molecule has 0 bridgehead atoms. The highest BCUT2D eigenvalue weighted by atomic mass is 32.1. The number of hydrogen-bond acceptors (Lipinski definition) is 5. The van der Waals surface area contributed by atoms with E-state index in [0.717, 1.165) is 41.6 Å². The van der Waals surface area contributed by atoms with Crippen molar-refractivity contribution in [3.63, 3.8) is 0 Å². The Hall–Kier alpha value is -2.02. The van der Waals surface area contributed by atoms with Crippen molar-refractivity contribution >= 4 is 22.4 Å². The zero-order valence-electron chi connectivity index (χ0n) is 14.5. The van der Waals surface area contributed by atoms with E-state index in [2.05, 4.69) is 20.4 Å². The summed E-state index contributed by atoms with van der Waals surface area (Å²) in [6.07, 6.45) is 2.34. The average Bonchev–Trinajstić information content (AvgIpc) is 3.05. The van der Waals surface area contributed by atoms with E-state index in [4.69, 9.17) is 0 Å². The molecule has 1 fully saturated rings. The van der Waals surface area contributed by atoms with Crippen molar-refractivity contribution in [2.75, 3.05) is 18.0 Å². The number of carbonyl (C=O) groups is 1. The number of benzene rings is 1. The summed E-state index contributed by atoms with van der Waals surface area (Å²) in [5.74, 6) is 0.0141. The number of anilines is 1. The Kier molecular flexibility index (Phi) is 5.63. The van der Waals surface area contributed by atoms with Gasteiger partial charge in [0.15, 0.2) is 0 Å². The predicted octanol–water partition coefficient (Wildman–Crippen LogP) is 3.01. The summed E-state index contributed by atoms with van der Waals surface area (Å²) < 4.78 is 13.0. The van der Waals surface area contributed by atoms with Gasteiger partial charge >= 0.3 is 0 Å². The van der Waals surface area contributed by atoms with Gasteiger partial charge in [0.05, 0.1) is 0 Å². The predicted molar refractivity (Wildman–Crippen MR) is 97.3 cm³/mol. The number of piperidine rings is 1. The maximum atomic E-state index is 13.0. The molecule has 0 spiro atoms. The van der Waals surface area contributed by atoms with Crippen LogP contribution in [0.2, 0.25) is 0 Å². The summed E-state index contributed by atoms with van der Waals surface area (Å²) in [7, 11) is 0. The fourth-order valence-electron chi connectivity index (χ4n) is 2.96. The number of amides is 1. The molecule has 1 amide bonds. The summed E-state index contributed by atoms with van der Waals surface area (Å²) in [5.41, 5.74) is 1.02. The fourth-order valence-corrected chi connectivity index (χ4v) is 3.88. The van der Waals surface area contributed by atoms with Crippen LogP contribution < -0.4 is 10.2 Å². The maximum Gasteiger partial charge on any atom is 0.223 e. The molecule has 1 saturated heterocycles. The first kappa shape index (κ1) is 17.8. The van der Waals surface area contributed by atoms with Crippen LogP contribution in [-0.4, -0.2) is 35.2 Å². The number of aromatic nitrogens is 2. The van der Waals surface area contributed by atoms with E-state index in [1.165, 1.54) is 12.1 Å². The van der Waals surface area contributed by atoms with E-state index in [0.29, 0.717) is 6.42 Å². The standard InChI is InChI=1S/C18H23FN4OS/c1-12(2)20-17(24)14-7-9-23(10-8-14)18-22-21-16(25-18)11-13-3-5-15(19)6-4-13/h3-6,12,14H,7-11H2,1-2H3,(H,20,24). The minimum Gasteiger partial charge on any atom is -0.354 e. The molecule has 0 unspecified atom stereocenters. The topological polar surface area (TPSA) is 58.1 Å². The van der Waals surface area contributed by atoms with Gasteiger partial charge in [0.25, 0.3) is 0 Å². The first-order chi connectivity index (χ1) is 12.0. The third-order valence-corrected chi connectivity index (χ3v) is 5.28. The fraction of sp³-hybridized carbons (Fsp3) is 0.500. The number of nitrogens with zero attached hydrogens (tertiary/aromatic N) is 3. The molecular weight excluding hydrogens is 339 g/mol. The van der Waals surface area contributed by atoms with Gasteiger partial charge in [-0.1, -0.05) is 23.5 Å². The van der Waals surface area contributed by atoms with Gasteiger partial charge in [-0.2, -0.15) is 0 Å². The molecule has 2 heterocycles. The van der Waals surface area contributed by atoms with Gasteiger partial charge in [0.1, 0.15) is 10.8 Å². The highest BCUT2D eigenvalue weighted by Gasteiger charge is 2.26. The quantitative estimate of drug-likeness (QED) is 0.888. The van der Waals surface area contributed by atoms with E-state index in [-0.39, 0.29) is 23.7 Å². The molecule has 134 valence electrons. The van der Waals surface area contributed by atoms with Gasteiger partial charge in [-0.15, -0.1) is 10.2 Å². The summed E-state index contributed by atoms with van der Waals surface area (Å²) in [4.78, 5) is 14.3. The number of halogens is 1. The summed E-state index contributed by atoms with van der Waals surface area (Å²) in [6.45, 7) is 5.61. The summed E-state index contributed by atoms with van der Waals surface area (Å²) >= 11 is 1.57. The molecule has 0 atom stereocenters. The molecule has 2 aromatic rings. The minimum absolute atomic E-state index is 0.0882. The molecule has 25 heavy (non-hydrogen) atoms. The number of hydrogen-bond donors (Lipinski definition) is 1. The molecule has 1 aliphatic heterocycles. The SMILES string of the molecule is CC(C)NC(=O)C1CCN(c2nnc(Cc3ccc(F)cc3)s2)CC1. The number of rotatable bonds is 5. The van der Waals surface area contributed by atoms with Crippen LogP contribution in [0, 0.1) is 11.7 Å². The Morgan fingerprint density at radius 2 is 1.96 bits per heavy atom. The Bertz CT molecular complexity index is 708. The van der Waals surface area contributed by atoms with Gasteiger partial charge in [-0.25, -0.2) is 4.39 Å². The molecule has 1 aliphatic rings. The van der Waals surface area contributed by atoms with E-state index >= 15 is 0 Å². The highest BCUT2D eigenvalue weighted by Crippen LogP contribution is 2.27. The second-order valence-electron chi connectivity index (χ2n) is 6.71. The van der Waals surface area contributed by atoms with Crippen molar-refractivity contribution in [2.24, 2.45) is 5.92 Å². The zero-order chi connectivity index (χ0) is 17.8. The normalized spacial score (nSPS) is 15.6. The Labute approximate surface area is 151 Å². The van der Waals surface area contributed by atoms with Crippen molar-refractivity contribution in [3.05, 3.63) is 40.7 Å². The summed E-state index contributed by atoms with van der Waals surface area (Å²) in [5, 5.41) is 13.4. The molecule has 0 aliphatic carbocycles. The van der Waals surface area contributed by atoms with E-state index in [1.54, 1.807) is 23.5 Å². The van der Waals surface area contributed by atoms with Crippen molar-refractivity contribution in [1.29, 1.82) is 0 Å². The van der Waals surface area contributed by atoms with Crippen LogP contribution in [0.25, 0.3) is 0 Å². The minimum atomic E-state index is -0.230. The lowest BCUT2D eigenvalue weighted by Crippen LogP contribution is -2.42. The molecular formula is C18H23FN4OS. The van der Waals surface area contributed by atoms with E-state index in [9.17, 15) is 9.18 Å². The van der Waals surface area contributed by atoms with Crippen molar-refractivity contribution in [2.45, 2.75) is 39.2 Å². The molecule has 1 aromatic carbocycles. The molecule has 1 aromatic heterocycles. The average molecular weight is 362 g/mol. The Balaban J connectivity index is 1.55. The van der Waals surface area contributed by atoms with Gasteiger partial charge in [0.2, 0.25) is 11.0 Å². The molecule has 0 saturated carbocycles. The lowest BCUT2D eigenvalue weighted by molar-refractivity contribution is -0.126. The number of carbonyl (C=O) groups excluding carboxylic acids is 1. The number of nitrogens with one attached hydrogen (secondary N) is 1. The lowest BCUT2D eigenvalue weighted by atomic mass is 9.96. The van der Waals surface area contributed by atoms with Gasteiger partial charge in [-0.05, 0) is 44.4 Å². The van der Waals surface area contributed by atoms with Gasteiger partial charge in [0, 0.05) is 31.5 Å². The summed E-state index contributed by atoms with van der Waals surface area (Å²) in [6, 6.07) is 6.65. The molecule has 5 nitrogen and oxygen atoms in total. The second kappa shape index (κ2) is 7.91. The maximum absolute atomic E-state index is 13.0. The van der Waals surface area contributed by atoms with Crippen LogP contribution in [0.5, 0.6) is 0 Å². The monoisotopic (exact) mass is 362 g/mol. The van der Waals surface area contributed by atoms with Crippen molar-refractivity contribution in [1.82, 2.24) is 15.5 Å². The van der Waals surface area contributed by atoms with Crippen LogP contribution in [0.3, 0.4) is 0 Å². The van der Waals surface area contributed by atoms with Crippen LogP contribution in [0.15, 0.2) is 24.3 Å². The first-order valence-electron chi connectivity index (χ1n) is 8.63.